The van der Waals surface area contributed by atoms with Gasteiger partial charge in [-0.05, 0) is 25.5 Å². The number of carbonyl (C=O) groups excluding carboxylic acids is 1. The molecule has 0 saturated carbocycles. The van der Waals surface area contributed by atoms with Crippen molar-refractivity contribution in [3.05, 3.63) is 40.4 Å². The highest BCUT2D eigenvalue weighted by molar-refractivity contribution is 6.34. The molecular weight excluding hydrogens is 291 g/mol. The van der Waals surface area contributed by atoms with Crippen LogP contribution in [0.25, 0.3) is 6.08 Å². The highest BCUT2D eigenvalue weighted by Gasteiger charge is 2.24. The first-order valence-electron chi connectivity index (χ1n) is 6.03. The Balaban J connectivity index is 3.02. The first-order chi connectivity index (χ1) is 9.20. The molecule has 20 heavy (non-hydrogen) atoms. The van der Waals surface area contributed by atoms with Crippen LogP contribution in [0.5, 0.6) is 0 Å². The first-order valence-corrected chi connectivity index (χ1v) is 6.41. The predicted molar refractivity (Wildman–Crippen MR) is 73.8 cm³/mol. The average molecular weight is 306 g/mol. The molecule has 6 heteroatoms. The Bertz CT molecular complexity index is 510. The Morgan fingerprint density at radius 2 is 2.05 bits per heavy atom. The van der Waals surface area contributed by atoms with Gasteiger partial charge in [-0.25, -0.2) is 0 Å². The summed E-state index contributed by atoms with van der Waals surface area (Å²) >= 11 is 5.96. The molecule has 0 aliphatic carbocycles. The minimum absolute atomic E-state index is 0.0919. The van der Waals surface area contributed by atoms with E-state index in [4.69, 9.17) is 11.6 Å². The van der Waals surface area contributed by atoms with Crippen molar-refractivity contribution in [1.29, 1.82) is 0 Å². The molecule has 1 N–H and O–H groups in total. The Morgan fingerprint density at radius 1 is 1.40 bits per heavy atom. The van der Waals surface area contributed by atoms with E-state index in [0.717, 1.165) is 6.08 Å². The molecule has 1 rings (SSSR count). The monoisotopic (exact) mass is 305 g/mol. The van der Waals surface area contributed by atoms with Gasteiger partial charge in [-0.1, -0.05) is 35.9 Å². The van der Waals surface area contributed by atoms with Crippen molar-refractivity contribution in [2.45, 2.75) is 32.5 Å². The summed E-state index contributed by atoms with van der Waals surface area (Å²) in [6, 6.07) is 4.57. The maximum atomic E-state index is 12.1. The van der Waals surface area contributed by atoms with Crippen LogP contribution in [0.15, 0.2) is 24.3 Å². The Hall–Kier alpha value is -1.49. The lowest BCUT2D eigenvalue weighted by Gasteiger charge is -2.12. The molecule has 110 valence electrons. The number of rotatable bonds is 4. The van der Waals surface area contributed by atoms with Gasteiger partial charge in [-0.15, -0.1) is 0 Å². The second kappa shape index (κ2) is 6.79. The highest BCUT2D eigenvalue weighted by atomic mass is 35.5. The second-order valence-corrected chi connectivity index (χ2v) is 4.96. The zero-order chi connectivity index (χ0) is 15.3. The van der Waals surface area contributed by atoms with Crippen molar-refractivity contribution in [3.63, 3.8) is 0 Å². The molecule has 1 amide bonds. The lowest BCUT2D eigenvalue weighted by atomic mass is 10.1. The van der Waals surface area contributed by atoms with Gasteiger partial charge in [-0.3, -0.25) is 4.79 Å². The Morgan fingerprint density at radius 3 is 2.60 bits per heavy atom. The summed E-state index contributed by atoms with van der Waals surface area (Å²) < 4.78 is 36.3. The molecule has 0 bridgehead atoms. The number of hydrogen-bond donors (Lipinski definition) is 1. The van der Waals surface area contributed by atoms with Gasteiger partial charge in [-0.2, -0.15) is 13.2 Å². The largest absolute Gasteiger partial charge is 0.392 e. The van der Waals surface area contributed by atoms with Crippen LogP contribution in [0.3, 0.4) is 0 Å². The van der Waals surface area contributed by atoms with E-state index in [-0.39, 0.29) is 16.6 Å². The molecule has 0 heterocycles. The molecule has 0 aliphatic heterocycles. The molecule has 0 aromatic heterocycles. The molecule has 1 aromatic rings. The molecule has 0 atom stereocenters. The van der Waals surface area contributed by atoms with E-state index in [0.29, 0.717) is 5.56 Å². The van der Waals surface area contributed by atoms with Gasteiger partial charge in [0.05, 0.1) is 17.0 Å². The van der Waals surface area contributed by atoms with Crippen molar-refractivity contribution in [3.8, 4) is 0 Å². The van der Waals surface area contributed by atoms with E-state index in [9.17, 15) is 18.0 Å². The number of halogens is 4. The molecule has 0 saturated heterocycles. The van der Waals surface area contributed by atoms with Crippen LogP contribution < -0.4 is 5.32 Å². The van der Waals surface area contributed by atoms with E-state index >= 15 is 0 Å². The molecule has 1 aromatic carbocycles. The van der Waals surface area contributed by atoms with Crippen LogP contribution in [0.2, 0.25) is 5.02 Å². The maximum Gasteiger partial charge on any atom is 0.392 e. The smallest absolute Gasteiger partial charge is 0.350 e. The molecule has 2 nitrogen and oxygen atoms in total. The van der Waals surface area contributed by atoms with Crippen LogP contribution in [0.1, 0.15) is 36.2 Å². The van der Waals surface area contributed by atoms with E-state index in [1.807, 2.05) is 0 Å². The van der Waals surface area contributed by atoms with Gasteiger partial charge in [0.15, 0.2) is 0 Å². The predicted octanol–water partition coefficient (Wildman–Crippen LogP) is 4.44. The van der Waals surface area contributed by atoms with Gasteiger partial charge in [0.1, 0.15) is 0 Å². The zero-order valence-corrected chi connectivity index (χ0v) is 11.8. The van der Waals surface area contributed by atoms with Crippen LogP contribution in [-0.2, 0) is 0 Å². The van der Waals surface area contributed by atoms with Crippen molar-refractivity contribution in [1.82, 2.24) is 5.32 Å². The summed E-state index contributed by atoms with van der Waals surface area (Å²) in [4.78, 5) is 12.0. The second-order valence-electron chi connectivity index (χ2n) is 4.55. The van der Waals surface area contributed by atoms with Crippen molar-refractivity contribution >= 4 is 23.6 Å². The number of amides is 1. The number of nitrogens with one attached hydrogen (secondary N) is 1. The third-order valence-corrected chi connectivity index (χ3v) is 2.65. The lowest BCUT2D eigenvalue weighted by Crippen LogP contribution is -2.30. The van der Waals surface area contributed by atoms with Crippen LogP contribution in [0, 0.1) is 0 Å². The minimum atomic E-state index is -4.27. The molecule has 0 spiro atoms. The van der Waals surface area contributed by atoms with E-state index in [2.05, 4.69) is 5.32 Å². The summed E-state index contributed by atoms with van der Waals surface area (Å²) in [6.45, 7) is 3.57. The highest BCUT2D eigenvalue weighted by Crippen LogP contribution is 2.24. The van der Waals surface area contributed by atoms with Gasteiger partial charge in [0.2, 0.25) is 0 Å². The standard InChI is InChI=1S/C14H15ClF3NO/c1-9(2)19-13(20)12-10(5-3-7-11(12)15)6-4-8-14(16,17)18/h3-7,9H,8H2,1-2H3,(H,19,20)/b6-4+. The molecule has 0 aliphatic rings. The average Bonchev–Trinajstić information content (AvgIpc) is 2.25. The van der Waals surface area contributed by atoms with Crippen molar-refractivity contribution in [2.24, 2.45) is 0 Å². The van der Waals surface area contributed by atoms with Crippen LogP contribution in [0.4, 0.5) is 13.2 Å². The fourth-order valence-corrected chi connectivity index (χ4v) is 1.84. The van der Waals surface area contributed by atoms with Gasteiger partial charge >= 0.3 is 6.18 Å². The molecule has 0 radical (unpaired) electrons. The quantitative estimate of drug-likeness (QED) is 0.875. The maximum absolute atomic E-state index is 12.1. The summed E-state index contributed by atoms with van der Waals surface area (Å²) in [6.07, 6.45) is -3.09. The van der Waals surface area contributed by atoms with E-state index in [1.165, 1.54) is 12.1 Å². The van der Waals surface area contributed by atoms with Crippen molar-refractivity contribution in [2.75, 3.05) is 0 Å². The number of carbonyl (C=O) groups is 1. The summed E-state index contributed by atoms with van der Waals surface area (Å²) in [5.74, 6) is -0.405. The fraction of sp³-hybridized carbons (Fsp3) is 0.357. The third kappa shape index (κ3) is 5.25. The summed E-state index contributed by atoms with van der Waals surface area (Å²) in [5, 5.41) is 2.87. The van der Waals surface area contributed by atoms with Crippen LogP contribution >= 0.6 is 11.6 Å². The number of alkyl halides is 3. The van der Waals surface area contributed by atoms with Crippen LogP contribution in [-0.4, -0.2) is 18.1 Å². The number of benzene rings is 1. The third-order valence-electron chi connectivity index (χ3n) is 2.34. The molecule has 0 fully saturated rings. The number of hydrogen-bond acceptors (Lipinski definition) is 1. The van der Waals surface area contributed by atoms with Gasteiger partial charge < -0.3 is 5.32 Å². The number of allylic oxidation sites excluding steroid dienone is 1. The molecule has 0 unspecified atom stereocenters. The van der Waals surface area contributed by atoms with E-state index < -0.39 is 18.5 Å². The Labute approximate surface area is 120 Å². The Kier molecular flexibility index (Phi) is 5.62. The summed E-state index contributed by atoms with van der Waals surface area (Å²) in [5.41, 5.74) is 0.543. The van der Waals surface area contributed by atoms with Crippen molar-refractivity contribution < 1.29 is 18.0 Å². The van der Waals surface area contributed by atoms with E-state index in [1.54, 1.807) is 26.0 Å². The normalized spacial score (nSPS) is 12.2. The summed E-state index contributed by atoms with van der Waals surface area (Å²) in [7, 11) is 0. The first kappa shape index (κ1) is 16.6. The minimum Gasteiger partial charge on any atom is -0.350 e. The SMILES string of the molecule is CC(C)NC(=O)c1c(Cl)cccc1/C=C/CC(F)(F)F. The lowest BCUT2D eigenvalue weighted by molar-refractivity contribution is -0.124. The molecular formula is C14H15ClF3NO. The fourth-order valence-electron chi connectivity index (χ4n) is 1.57. The zero-order valence-electron chi connectivity index (χ0n) is 11.1. The van der Waals surface area contributed by atoms with Gasteiger partial charge in [0, 0.05) is 6.04 Å². The van der Waals surface area contributed by atoms with Gasteiger partial charge in [0.25, 0.3) is 5.91 Å². The topological polar surface area (TPSA) is 29.1 Å².